The highest BCUT2D eigenvalue weighted by atomic mass is 16.5. The van der Waals surface area contributed by atoms with Gasteiger partial charge in [-0.25, -0.2) is 0 Å². The van der Waals surface area contributed by atoms with Crippen molar-refractivity contribution in [2.45, 2.75) is 26.4 Å². The van der Waals surface area contributed by atoms with Crippen molar-refractivity contribution in [3.63, 3.8) is 0 Å². The van der Waals surface area contributed by atoms with E-state index in [4.69, 9.17) is 14.0 Å². The molecule has 0 fully saturated rings. The second kappa shape index (κ2) is 5.79. The predicted octanol–water partition coefficient (Wildman–Crippen LogP) is 1.53. The van der Waals surface area contributed by atoms with Crippen molar-refractivity contribution in [1.29, 1.82) is 0 Å². The van der Waals surface area contributed by atoms with Crippen LogP contribution in [0.1, 0.15) is 19.7 Å². The van der Waals surface area contributed by atoms with E-state index in [1.54, 1.807) is 18.4 Å². The van der Waals surface area contributed by atoms with E-state index in [0.29, 0.717) is 36.6 Å². The Morgan fingerprint density at radius 2 is 2.28 bits per heavy atom. The van der Waals surface area contributed by atoms with E-state index in [9.17, 15) is 0 Å². The molecule has 0 unspecified atom stereocenters. The lowest BCUT2D eigenvalue weighted by molar-refractivity contribution is 0.155. The molecule has 0 saturated carbocycles. The fraction of sp³-hybridized carbons (Fsp3) is 0.500. The minimum atomic E-state index is 0.112. The zero-order valence-corrected chi connectivity index (χ0v) is 10.5. The number of hydrogen-bond acceptors (Lipinski definition) is 6. The van der Waals surface area contributed by atoms with Gasteiger partial charge in [0, 0.05) is 12.6 Å². The van der Waals surface area contributed by atoms with E-state index in [1.807, 2.05) is 0 Å². The third-order valence-electron chi connectivity index (χ3n) is 2.66. The van der Waals surface area contributed by atoms with Gasteiger partial charge in [-0.2, -0.15) is 4.98 Å². The van der Waals surface area contributed by atoms with Gasteiger partial charge in [-0.3, -0.25) is 4.90 Å². The van der Waals surface area contributed by atoms with Crippen LogP contribution in [-0.2, 0) is 6.54 Å². The number of hydrogen-bond donors (Lipinski definition) is 1. The summed E-state index contributed by atoms with van der Waals surface area (Å²) >= 11 is 0. The summed E-state index contributed by atoms with van der Waals surface area (Å²) in [4.78, 5) is 6.33. The van der Waals surface area contributed by atoms with Crippen molar-refractivity contribution in [2.24, 2.45) is 0 Å². The molecule has 2 aromatic rings. The van der Waals surface area contributed by atoms with E-state index < -0.39 is 0 Å². The molecular weight excluding hydrogens is 234 g/mol. The first kappa shape index (κ1) is 12.8. The SMILES string of the molecule is CC(C)N(CCO)Cc1noc(-c2ccco2)n1. The van der Waals surface area contributed by atoms with Crippen molar-refractivity contribution in [1.82, 2.24) is 15.0 Å². The Morgan fingerprint density at radius 3 is 2.89 bits per heavy atom. The van der Waals surface area contributed by atoms with Crippen LogP contribution in [-0.4, -0.2) is 39.3 Å². The van der Waals surface area contributed by atoms with Crippen LogP contribution in [0, 0.1) is 0 Å². The Hall–Kier alpha value is -1.66. The Bertz CT molecular complexity index is 465. The number of rotatable bonds is 6. The first-order valence-electron chi connectivity index (χ1n) is 5.92. The first-order valence-corrected chi connectivity index (χ1v) is 5.92. The van der Waals surface area contributed by atoms with Crippen LogP contribution in [0.4, 0.5) is 0 Å². The van der Waals surface area contributed by atoms with Crippen LogP contribution >= 0.6 is 0 Å². The van der Waals surface area contributed by atoms with Gasteiger partial charge < -0.3 is 14.0 Å². The average Bonchev–Trinajstić information content (AvgIpc) is 2.98. The number of aromatic nitrogens is 2. The van der Waals surface area contributed by atoms with Gasteiger partial charge in [0.05, 0.1) is 19.4 Å². The summed E-state index contributed by atoms with van der Waals surface area (Å²) in [6.07, 6.45) is 1.56. The summed E-state index contributed by atoms with van der Waals surface area (Å²) in [5.41, 5.74) is 0. The summed E-state index contributed by atoms with van der Waals surface area (Å²) in [7, 11) is 0. The summed E-state index contributed by atoms with van der Waals surface area (Å²) < 4.78 is 10.3. The van der Waals surface area contributed by atoms with Gasteiger partial charge in [0.2, 0.25) is 0 Å². The predicted molar refractivity (Wildman–Crippen MR) is 64.6 cm³/mol. The fourth-order valence-corrected chi connectivity index (χ4v) is 1.65. The second-order valence-corrected chi connectivity index (χ2v) is 4.28. The molecule has 0 atom stereocenters. The molecule has 6 heteroatoms. The van der Waals surface area contributed by atoms with Crippen LogP contribution in [0.15, 0.2) is 27.3 Å². The highest BCUT2D eigenvalue weighted by molar-refractivity contribution is 5.42. The third kappa shape index (κ3) is 2.96. The van der Waals surface area contributed by atoms with E-state index in [1.165, 1.54) is 0 Å². The second-order valence-electron chi connectivity index (χ2n) is 4.28. The molecule has 0 amide bonds. The number of aliphatic hydroxyl groups excluding tert-OH is 1. The van der Waals surface area contributed by atoms with Gasteiger partial charge in [0.15, 0.2) is 11.6 Å². The topological polar surface area (TPSA) is 75.5 Å². The van der Waals surface area contributed by atoms with Crippen molar-refractivity contribution >= 4 is 0 Å². The molecule has 0 spiro atoms. The highest BCUT2D eigenvalue weighted by Crippen LogP contribution is 2.17. The molecule has 0 bridgehead atoms. The molecule has 2 aromatic heterocycles. The van der Waals surface area contributed by atoms with Gasteiger partial charge in [-0.15, -0.1) is 0 Å². The van der Waals surface area contributed by atoms with Crippen molar-refractivity contribution in [3.05, 3.63) is 24.2 Å². The van der Waals surface area contributed by atoms with E-state index in [2.05, 4.69) is 28.9 Å². The third-order valence-corrected chi connectivity index (χ3v) is 2.66. The van der Waals surface area contributed by atoms with Crippen LogP contribution < -0.4 is 0 Å². The molecule has 2 rings (SSSR count). The normalized spacial score (nSPS) is 11.6. The van der Waals surface area contributed by atoms with E-state index >= 15 is 0 Å². The summed E-state index contributed by atoms with van der Waals surface area (Å²) in [5.74, 6) is 1.53. The van der Waals surface area contributed by atoms with Crippen LogP contribution in [0.25, 0.3) is 11.7 Å². The van der Waals surface area contributed by atoms with Gasteiger partial charge >= 0.3 is 0 Å². The lowest BCUT2D eigenvalue weighted by Crippen LogP contribution is -2.33. The maximum Gasteiger partial charge on any atom is 0.293 e. The zero-order chi connectivity index (χ0) is 13.0. The standard InChI is InChI=1S/C12H17N3O3/c1-9(2)15(5-6-16)8-11-13-12(18-14-11)10-4-3-7-17-10/h3-4,7,9,16H,5-6,8H2,1-2H3. The van der Waals surface area contributed by atoms with Crippen LogP contribution in [0.2, 0.25) is 0 Å². The average molecular weight is 251 g/mol. The van der Waals surface area contributed by atoms with E-state index in [0.717, 1.165) is 0 Å². The molecule has 98 valence electrons. The number of nitrogens with zero attached hydrogens (tertiary/aromatic N) is 3. The lowest BCUT2D eigenvalue weighted by Gasteiger charge is -2.23. The Morgan fingerprint density at radius 1 is 1.44 bits per heavy atom. The minimum absolute atomic E-state index is 0.112. The number of furan rings is 1. The number of aliphatic hydroxyl groups is 1. The molecule has 2 heterocycles. The zero-order valence-electron chi connectivity index (χ0n) is 10.5. The molecule has 6 nitrogen and oxygen atoms in total. The fourth-order valence-electron chi connectivity index (χ4n) is 1.65. The van der Waals surface area contributed by atoms with E-state index in [-0.39, 0.29) is 6.61 Å². The molecule has 18 heavy (non-hydrogen) atoms. The lowest BCUT2D eigenvalue weighted by atomic mass is 10.3. The minimum Gasteiger partial charge on any atom is -0.459 e. The molecule has 0 aliphatic rings. The monoisotopic (exact) mass is 251 g/mol. The molecule has 0 aromatic carbocycles. The maximum atomic E-state index is 9.00. The summed E-state index contributed by atoms with van der Waals surface area (Å²) in [5, 5.41) is 12.9. The quantitative estimate of drug-likeness (QED) is 0.839. The Labute approximate surface area is 105 Å². The van der Waals surface area contributed by atoms with Crippen molar-refractivity contribution in [3.8, 4) is 11.7 Å². The molecule has 0 aliphatic carbocycles. The summed E-state index contributed by atoms with van der Waals surface area (Å²) in [6.45, 7) is 5.36. The van der Waals surface area contributed by atoms with Gasteiger partial charge in [0.1, 0.15) is 0 Å². The molecule has 1 N–H and O–H groups in total. The Balaban J connectivity index is 2.06. The van der Waals surface area contributed by atoms with Crippen molar-refractivity contribution in [2.75, 3.05) is 13.2 Å². The van der Waals surface area contributed by atoms with Crippen LogP contribution in [0.5, 0.6) is 0 Å². The van der Waals surface area contributed by atoms with Crippen molar-refractivity contribution < 1.29 is 14.0 Å². The first-order chi connectivity index (χ1) is 8.70. The Kier molecular flexibility index (Phi) is 4.11. The molecule has 0 radical (unpaired) electrons. The maximum absolute atomic E-state index is 9.00. The molecule has 0 saturated heterocycles. The molecule has 0 aliphatic heterocycles. The molecular formula is C12H17N3O3. The van der Waals surface area contributed by atoms with Gasteiger partial charge in [0.25, 0.3) is 5.89 Å². The van der Waals surface area contributed by atoms with Gasteiger partial charge in [-0.1, -0.05) is 5.16 Å². The van der Waals surface area contributed by atoms with Gasteiger partial charge in [-0.05, 0) is 26.0 Å². The highest BCUT2D eigenvalue weighted by Gasteiger charge is 2.15. The summed E-state index contributed by atoms with van der Waals surface area (Å²) in [6, 6.07) is 3.85. The largest absolute Gasteiger partial charge is 0.459 e. The van der Waals surface area contributed by atoms with Crippen LogP contribution in [0.3, 0.4) is 0 Å². The smallest absolute Gasteiger partial charge is 0.293 e.